The summed E-state index contributed by atoms with van der Waals surface area (Å²) >= 11 is 0. The molecular formula is C64H58N4. The van der Waals surface area contributed by atoms with E-state index in [1.54, 1.807) is 0 Å². The van der Waals surface area contributed by atoms with Crippen LogP contribution in [0.1, 0.15) is 79.0 Å². The van der Waals surface area contributed by atoms with Crippen LogP contribution in [0.15, 0.2) is 188 Å². The van der Waals surface area contributed by atoms with Crippen molar-refractivity contribution < 1.29 is 0 Å². The van der Waals surface area contributed by atoms with Crippen LogP contribution in [0.25, 0.3) is 99.9 Å². The minimum Gasteiger partial charge on any atom is -0.309 e. The van der Waals surface area contributed by atoms with Gasteiger partial charge in [0.1, 0.15) is 0 Å². The lowest BCUT2D eigenvalue weighted by Crippen LogP contribution is -2.14. The van der Waals surface area contributed by atoms with Crippen LogP contribution in [0.4, 0.5) is 0 Å². The van der Waals surface area contributed by atoms with E-state index in [1.807, 2.05) is 6.20 Å². The summed E-state index contributed by atoms with van der Waals surface area (Å²) in [6.45, 7) is 20.6. The molecule has 0 aliphatic carbocycles. The zero-order valence-corrected chi connectivity index (χ0v) is 40.7. The molecule has 4 heteroatoms. The number of aromatic nitrogens is 4. The third-order valence-electron chi connectivity index (χ3n) is 13.8. The molecule has 11 rings (SSSR count). The van der Waals surface area contributed by atoms with Crippen LogP contribution in [-0.2, 0) is 16.2 Å². The Kier molecular flexibility index (Phi) is 10.2. The van der Waals surface area contributed by atoms with E-state index in [2.05, 4.69) is 253 Å². The molecule has 334 valence electrons. The van der Waals surface area contributed by atoms with Crippen molar-refractivity contribution in [2.75, 3.05) is 0 Å². The van der Waals surface area contributed by atoms with E-state index in [9.17, 15) is 0 Å². The number of rotatable bonds is 6. The first-order chi connectivity index (χ1) is 32.6. The number of pyridine rings is 2. The Balaban J connectivity index is 1.00. The van der Waals surface area contributed by atoms with Gasteiger partial charge in [-0.25, -0.2) is 4.98 Å². The molecule has 7 aromatic carbocycles. The molecule has 4 nitrogen and oxygen atoms in total. The molecule has 0 amide bonds. The van der Waals surface area contributed by atoms with Crippen LogP contribution in [0.3, 0.4) is 0 Å². The third kappa shape index (κ3) is 7.49. The van der Waals surface area contributed by atoms with E-state index >= 15 is 0 Å². The molecule has 0 bridgehead atoms. The Hall–Kier alpha value is -7.56. The summed E-state index contributed by atoms with van der Waals surface area (Å²) in [7, 11) is 0. The Morgan fingerprint density at radius 3 is 1.60 bits per heavy atom. The fourth-order valence-corrected chi connectivity index (χ4v) is 10.3. The summed E-state index contributed by atoms with van der Waals surface area (Å²) in [6, 6.07) is 66.7. The average molecular weight is 883 g/mol. The minimum atomic E-state index is -0.167. The number of fused-ring (bicyclic) bond motifs is 6. The first kappa shape index (κ1) is 43.0. The normalized spacial score (nSPS) is 12.5. The van der Waals surface area contributed by atoms with Crippen LogP contribution >= 0.6 is 0 Å². The van der Waals surface area contributed by atoms with Gasteiger partial charge in [0.15, 0.2) is 0 Å². The van der Waals surface area contributed by atoms with Crippen molar-refractivity contribution in [1.82, 2.24) is 19.1 Å². The minimum absolute atomic E-state index is 0.0493. The molecule has 68 heavy (non-hydrogen) atoms. The van der Waals surface area contributed by atoms with Gasteiger partial charge in [-0.2, -0.15) is 0 Å². The lowest BCUT2D eigenvalue weighted by Gasteiger charge is -2.25. The van der Waals surface area contributed by atoms with Gasteiger partial charge in [0.25, 0.3) is 0 Å². The Morgan fingerprint density at radius 2 is 0.926 bits per heavy atom. The molecule has 0 radical (unpaired) electrons. The van der Waals surface area contributed by atoms with Gasteiger partial charge in [-0.3, -0.25) is 4.98 Å². The molecule has 0 spiro atoms. The molecule has 0 aliphatic heterocycles. The number of nitrogens with zero attached hydrogens (tertiary/aromatic N) is 4. The van der Waals surface area contributed by atoms with E-state index < -0.39 is 0 Å². The highest BCUT2D eigenvalue weighted by molar-refractivity contribution is 6.11. The van der Waals surface area contributed by atoms with Crippen molar-refractivity contribution in [2.45, 2.75) is 78.6 Å². The Bertz CT molecular complexity index is 3730. The summed E-state index contributed by atoms with van der Waals surface area (Å²) in [5.74, 6) is 0. The molecular weight excluding hydrogens is 825 g/mol. The SMILES string of the molecule is CC(C)(C)c1ccc2c(c1)c1ccccc1n2-c1ccc(C(C)(C)C)c(-c2cccc(-c3ccnc(-c4ccc(-n5c6ccccc6c6cc(-c7ccccc7)ccc65)cc4C(C)(C)C)c3)n2)c1. The van der Waals surface area contributed by atoms with Gasteiger partial charge >= 0.3 is 0 Å². The summed E-state index contributed by atoms with van der Waals surface area (Å²) in [5.41, 5.74) is 19.1. The van der Waals surface area contributed by atoms with E-state index in [-0.39, 0.29) is 16.2 Å². The second-order valence-corrected chi connectivity index (χ2v) is 21.6. The lowest BCUT2D eigenvalue weighted by molar-refractivity contribution is 0.591. The number of hydrogen-bond donors (Lipinski definition) is 0. The van der Waals surface area contributed by atoms with Gasteiger partial charge in [0.2, 0.25) is 0 Å². The summed E-state index contributed by atoms with van der Waals surface area (Å²) in [6.07, 6.45) is 1.94. The van der Waals surface area contributed by atoms with Crippen LogP contribution < -0.4 is 0 Å². The fraction of sp³-hybridized carbons (Fsp3) is 0.188. The van der Waals surface area contributed by atoms with Gasteiger partial charge < -0.3 is 9.13 Å². The molecule has 4 heterocycles. The lowest BCUT2D eigenvalue weighted by atomic mass is 9.82. The maximum atomic E-state index is 5.47. The predicted molar refractivity (Wildman–Crippen MR) is 289 cm³/mol. The second kappa shape index (κ2) is 16.1. The molecule has 0 saturated heterocycles. The van der Waals surface area contributed by atoms with Crippen LogP contribution in [-0.4, -0.2) is 19.1 Å². The quantitative estimate of drug-likeness (QED) is 0.167. The number of hydrogen-bond acceptors (Lipinski definition) is 2. The van der Waals surface area contributed by atoms with Crippen molar-refractivity contribution in [2.24, 2.45) is 0 Å². The summed E-state index contributed by atoms with van der Waals surface area (Å²) in [4.78, 5) is 10.5. The van der Waals surface area contributed by atoms with Crippen molar-refractivity contribution in [3.8, 4) is 56.3 Å². The van der Waals surface area contributed by atoms with Crippen molar-refractivity contribution in [1.29, 1.82) is 0 Å². The third-order valence-corrected chi connectivity index (χ3v) is 13.8. The van der Waals surface area contributed by atoms with Gasteiger partial charge in [-0.15, -0.1) is 0 Å². The molecule has 0 fully saturated rings. The largest absolute Gasteiger partial charge is 0.309 e. The number of para-hydroxylation sites is 2. The van der Waals surface area contributed by atoms with Crippen LogP contribution in [0.5, 0.6) is 0 Å². The zero-order chi connectivity index (χ0) is 47.1. The summed E-state index contributed by atoms with van der Waals surface area (Å²) in [5, 5.41) is 5.03. The molecule has 0 saturated carbocycles. The van der Waals surface area contributed by atoms with Crippen LogP contribution in [0.2, 0.25) is 0 Å². The Labute approximate surface area is 400 Å². The highest BCUT2D eigenvalue weighted by Gasteiger charge is 2.25. The summed E-state index contributed by atoms with van der Waals surface area (Å²) < 4.78 is 4.84. The molecule has 0 unspecified atom stereocenters. The fourth-order valence-electron chi connectivity index (χ4n) is 10.3. The van der Waals surface area contributed by atoms with Gasteiger partial charge in [0.05, 0.1) is 39.1 Å². The maximum absolute atomic E-state index is 5.47. The second-order valence-electron chi connectivity index (χ2n) is 21.6. The average Bonchev–Trinajstić information content (AvgIpc) is 3.85. The van der Waals surface area contributed by atoms with Crippen molar-refractivity contribution >= 4 is 43.6 Å². The van der Waals surface area contributed by atoms with Crippen molar-refractivity contribution in [3.05, 3.63) is 205 Å². The Morgan fingerprint density at radius 1 is 0.338 bits per heavy atom. The van der Waals surface area contributed by atoms with Gasteiger partial charge in [0, 0.05) is 55.8 Å². The molecule has 0 atom stereocenters. The molecule has 0 N–H and O–H groups in total. The molecule has 0 aliphatic rings. The molecule has 4 aromatic heterocycles. The predicted octanol–water partition coefficient (Wildman–Crippen LogP) is 17.2. The highest BCUT2D eigenvalue weighted by atomic mass is 15.0. The topological polar surface area (TPSA) is 35.6 Å². The van der Waals surface area contributed by atoms with E-state index in [4.69, 9.17) is 9.97 Å². The van der Waals surface area contributed by atoms with Crippen molar-refractivity contribution in [3.63, 3.8) is 0 Å². The first-order valence-corrected chi connectivity index (χ1v) is 24.0. The van der Waals surface area contributed by atoms with Crippen LogP contribution in [0, 0.1) is 0 Å². The van der Waals surface area contributed by atoms with E-state index in [1.165, 1.54) is 71.4 Å². The first-order valence-electron chi connectivity index (χ1n) is 24.0. The standard InChI is InChI=1S/C64H58N4/c1-62(2,3)44-27-33-61-51(38-44)48-21-14-16-25-59(48)67(61)45-29-31-53(63(4,5)6)52(39-45)56-23-17-22-55(66-56)43-34-35-65-57(37-43)49-30-28-46(40-54(49)64(7,8)9)68-58-24-15-13-20-47(58)50-36-42(26-32-60(50)68)41-18-11-10-12-19-41/h10-40H,1-9H3. The zero-order valence-electron chi connectivity index (χ0n) is 40.7. The smallest absolute Gasteiger partial charge is 0.0713 e. The highest BCUT2D eigenvalue weighted by Crippen LogP contribution is 2.42. The van der Waals surface area contributed by atoms with E-state index in [0.717, 1.165) is 45.1 Å². The van der Waals surface area contributed by atoms with Gasteiger partial charge in [-0.05, 0) is 129 Å². The van der Waals surface area contributed by atoms with Gasteiger partial charge in [-0.1, -0.05) is 159 Å². The monoisotopic (exact) mass is 882 g/mol. The number of benzene rings is 7. The molecule has 11 aromatic rings. The maximum Gasteiger partial charge on any atom is 0.0713 e. The van der Waals surface area contributed by atoms with E-state index in [0.29, 0.717) is 0 Å².